The van der Waals surface area contributed by atoms with E-state index in [4.69, 9.17) is 9.84 Å². The normalized spacial score (nSPS) is 10.1. The maximum Gasteiger partial charge on any atom is 0.335 e. The zero-order valence-electron chi connectivity index (χ0n) is 10.9. The van der Waals surface area contributed by atoms with E-state index in [2.05, 4.69) is 0 Å². The molecule has 19 heavy (non-hydrogen) atoms. The van der Waals surface area contributed by atoms with Gasteiger partial charge in [0.15, 0.2) is 0 Å². The van der Waals surface area contributed by atoms with Gasteiger partial charge < -0.3 is 14.7 Å². The van der Waals surface area contributed by atoms with E-state index >= 15 is 0 Å². The maximum absolute atomic E-state index is 13.1. The van der Waals surface area contributed by atoms with Crippen LogP contribution in [0.4, 0.5) is 4.39 Å². The first-order valence-corrected chi connectivity index (χ1v) is 5.77. The van der Waals surface area contributed by atoms with Gasteiger partial charge in [-0.3, -0.25) is 4.79 Å². The summed E-state index contributed by atoms with van der Waals surface area (Å²) in [5.74, 6) is -1.75. The molecule has 0 saturated heterocycles. The number of rotatable bonds is 6. The third-order valence-corrected chi connectivity index (χ3v) is 2.42. The number of halogens is 1. The molecule has 1 aromatic rings. The molecule has 0 aliphatic rings. The van der Waals surface area contributed by atoms with E-state index in [1.54, 1.807) is 14.1 Å². The fraction of sp³-hybridized carbons (Fsp3) is 0.385. The monoisotopic (exact) mass is 269 g/mol. The summed E-state index contributed by atoms with van der Waals surface area (Å²) in [4.78, 5) is 23.5. The van der Waals surface area contributed by atoms with Crippen LogP contribution >= 0.6 is 0 Å². The lowest BCUT2D eigenvalue weighted by atomic mass is 10.2. The maximum atomic E-state index is 13.1. The third kappa shape index (κ3) is 4.95. The average Bonchev–Trinajstić information content (AvgIpc) is 2.33. The lowest BCUT2D eigenvalue weighted by Gasteiger charge is -2.10. The molecule has 0 bridgehead atoms. The molecule has 1 amide bonds. The zero-order chi connectivity index (χ0) is 14.4. The second-order valence-corrected chi connectivity index (χ2v) is 4.22. The van der Waals surface area contributed by atoms with Crippen LogP contribution in [-0.4, -0.2) is 42.6 Å². The lowest BCUT2D eigenvalue weighted by molar-refractivity contribution is -0.128. The Bertz CT molecular complexity index is 474. The number of carbonyl (C=O) groups excluding carboxylic acids is 1. The molecule has 0 radical (unpaired) electrons. The van der Waals surface area contributed by atoms with Crippen molar-refractivity contribution in [3.63, 3.8) is 0 Å². The van der Waals surface area contributed by atoms with E-state index < -0.39 is 11.8 Å². The highest BCUT2D eigenvalue weighted by Gasteiger charge is 2.08. The summed E-state index contributed by atoms with van der Waals surface area (Å²) >= 11 is 0. The van der Waals surface area contributed by atoms with Crippen molar-refractivity contribution in [2.24, 2.45) is 0 Å². The second-order valence-electron chi connectivity index (χ2n) is 4.22. The lowest BCUT2D eigenvalue weighted by Crippen LogP contribution is -2.21. The quantitative estimate of drug-likeness (QED) is 0.799. The highest BCUT2D eigenvalue weighted by molar-refractivity contribution is 5.88. The summed E-state index contributed by atoms with van der Waals surface area (Å²) in [7, 11) is 3.32. The Labute approximate surface area is 110 Å². The molecule has 0 heterocycles. The summed E-state index contributed by atoms with van der Waals surface area (Å²) in [6.45, 7) is 0.224. The van der Waals surface area contributed by atoms with Crippen LogP contribution in [0, 0.1) is 5.82 Å². The number of benzene rings is 1. The number of carboxylic acid groups (broad SMARTS) is 1. The SMILES string of the molecule is CN(C)C(=O)CCCOc1cc(F)cc(C(=O)O)c1. The van der Waals surface area contributed by atoms with Gasteiger partial charge in [-0.15, -0.1) is 0 Å². The van der Waals surface area contributed by atoms with Crippen molar-refractivity contribution in [1.82, 2.24) is 4.90 Å². The van der Waals surface area contributed by atoms with Gasteiger partial charge in [0.1, 0.15) is 11.6 Å². The number of hydrogen-bond donors (Lipinski definition) is 1. The zero-order valence-corrected chi connectivity index (χ0v) is 10.9. The van der Waals surface area contributed by atoms with Crippen LogP contribution in [0.15, 0.2) is 18.2 Å². The largest absolute Gasteiger partial charge is 0.493 e. The van der Waals surface area contributed by atoms with Crippen LogP contribution in [0.1, 0.15) is 23.2 Å². The first-order chi connectivity index (χ1) is 8.90. The van der Waals surface area contributed by atoms with E-state index in [0.29, 0.717) is 12.8 Å². The van der Waals surface area contributed by atoms with Crippen molar-refractivity contribution in [3.05, 3.63) is 29.6 Å². The Morgan fingerprint density at radius 2 is 2.00 bits per heavy atom. The van der Waals surface area contributed by atoms with E-state index in [1.807, 2.05) is 0 Å². The highest BCUT2D eigenvalue weighted by atomic mass is 19.1. The summed E-state index contributed by atoms with van der Waals surface area (Å²) < 4.78 is 18.4. The van der Waals surface area contributed by atoms with Gasteiger partial charge in [-0.1, -0.05) is 0 Å². The number of hydrogen-bond acceptors (Lipinski definition) is 3. The fourth-order valence-electron chi connectivity index (χ4n) is 1.41. The Morgan fingerprint density at radius 1 is 1.32 bits per heavy atom. The first kappa shape index (κ1) is 14.9. The highest BCUT2D eigenvalue weighted by Crippen LogP contribution is 2.17. The molecule has 1 N–H and O–H groups in total. The van der Waals surface area contributed by atoms with Gasteiger partial charge in [0.25, 0.3) is 0 Å². The molecular formula is C13H16FNO4. The number of carbonyl (C=O) groups is 2. The van der Waals surface area contributed by atoms with Crippen molar-refractivity contribution in [2.45, 2.75) is 12.8 Å². The van der Waals surface area contributed by atoms with Crippen LogP contribution in [0.2, 0.25) is 0 Å². The molecule has 0 fully saturated rings. The van der Waals surface area contributed by atoms with E-state index in [9.17, 15) is 14.0 Å². The van der Waals surface area contributed by atoms with Crippen molar-refractivity contribution >= 4 is 11.9 Å². The number of amides is 1. The van der Waals surface area contributed by atoms with Crippen LogP contribution in [0.5, 0.6) is 5.75 Å². The summed E-state index contributed by atoms with van der Waals surface area (Å²) in [5.41, 5.74) is -0.167. The van der Waals surface area contributed by atoms with Crippen molar-refractivity contribution in [1.29, 1.82) is 0 Å². The van der Waals surface area contributed by atoms with E-state index in [0.717, 1.165) is 12.1 Å². The Morgan fingerprint density at radius 3 is 2.58 bits per heavy atom. The molecular weight excluding hydrogens is 253 g/mol. The van der Waals surface area contributed by atoms with Gasteiger partial charge >= 0.3 is 5.97 Å². The standard InChI is InChI=1S/C13H16FNO4/c1-15(2)12(16)4-3-5-19-11-7-9(13(17)18)6-10(14)8-11/h6-8H,3-5H2,1-2H3,(H,17,18). The fourth-order valence-corrected chi connectivity index (χ4v) is 1.41. The number of ether oxygens (including phenoxy) is 1. The summed E-state index contributed by atoms with van der Waals surface area (Å²) in [6, 6.07) is 3.28. The molecule has 0 aliphatic heterocycles. The predicted molar refractivity (Wildman–Crippen MR) is 66.8 cm³/mol. The van der Waals surface area contributed by atoms with Crippen LogP contribution in [0.25, 0.3) is 0 Å². The Kier molecular flexibility index (Phi) is 5.29. The van der Waals surface area contributed by atoms with Crippen molar-refractivity contribution in [2.75, 3.05) is 20.7 Å². The molecule has 1 rings (SSSR count). The smallest absolute Gasteiger partial charge is 0.335 e. The number of carboxylic acids is 1. The van der Waals surface area contributed by atoms with Crippen molar-refractivity contribution < 1.29 is 23.8 Å². The molecule has 104 valence electrons. The molecule has 0 atom stereocenters. The van der Waals surface area contributed by atoms with Gasteiger partial charge in [-0.05, 0) is 18.6 Å². The summed E-state index contributed by atoms with van der Waals surface area (Å²) in [6.07, 6.45) is 0.810. The first-order valence-electron chi connectivity index (χ1n) is 5.77. The molecule has 6 heteroatoms. The average molecular weight is 269 g/mol. The molecule has 1 aromatic carbocycles. The predicted octanol–water partition coefficient (Wildman–Crippen LogP) is 1.77. The molecule has 0 spiro atoms. The van der Waals surface area contributed by atoms with Crippen LogP contribution < -0.4 is 4.74 Å². The van der Waals surface area contributed by atoms with Gasteiger partial charge in [0, 0.05) is 26.6 Å². The minimum absolute atomic E-state index is 0.0194. The van der Waals surface area contributed by atoms with E-state index in [-0.39, 0.29) is 23.8 Å². The topological polar surface area (TPSA) is 66.8 Å². The summed E-state index contributed by atoms with van der Waals surface area (Å²) in [5, 5.41) is 8.77. The van der Waals surface area contributed by atoms with Gasteiger partial charge in [-0.2, -0.15) is 0 Å². The molecule has 0 aliphatic carbocycles. The van der Waals surface area contributed by atoms with Crippen LogP contribution in [-0.2, 0) is 4.79 Å². The third-order valence-electron chi connectivity index (χ3n) is 2.42. The Hall–Kier alpha value is -2.11. The second kappa shape index (κ2) is 6.72. The van der Waals surface area contributed by atoms with Gasteiger partial charge in [0.05, 0.1) is 12.2 Å². The minimum atomic E-state index is -1.22. The number of aromatic carboxylic acids is 1. The van der Waals surface area contributed by atoms with Crippen LogP contribution in [0.3, 0.4) is 0 Å². The van der Waals surface area contributed by atoms with Crippen molar-refractivity contribution in [3.8, 4) is 5.75 Å². The minimum Gasteiger partial charge on any atom is -0.493 e. The molecule has 0 saturated carbocycles. The van der Waals surface area contributed by atoms with Gasteiger partial charge in [0.2, 0.25) is 5.91 Å². The molecule has 0 unspecified atom stereocenters. The molecule has 5 nitrogen and oxygen atoms in total. The van der Waals surface area contributed by atoms with E-state index in [1.165, 1.54) is 11.0 Å². The number of nitrogens with zero attached hydrogens (tertiary/aromatic N) is 1. The molecule has 0 aromatic heterocycles. The Balaban J connectivity index is 2.49. The van der Waals surface area contributed by atoms with Gasteiger partial charge in [-0.25, -0.2) is 9.18 Å².